The predicted octanol–water partition coefficient (Wildman–Crippen LogP) is 3.85. The largest absolute Gasteiger partial charge is 0.279 e. The van der Waals surface area contributed by atoms with Gasteiger partial charge in [-0.15, -0.1) is 0 Å². The molecule has 106 valence electrons. The Kier molecular flexibility index (Phi) is 4.33. The molecule has 0 saturated carbocycles. The minimum absolute atomic E-state index is 0.181. The van der Waals surface area contributed by atoms with Crippen molar-refractivity contribution in [1.29, 1.82) is 0 Å². The molecule has 0 spiro atoms. The van der Waals surface area contributed by atoms with E-state index >= 15 is 0 Å². The van der Waals surface area contributed by atoms with Gasteiger partial charge in [0.1, 0.15) is 5.82 Å². The summed E-state index contributed by atoms with van der Waals surface area (Å²) in [6.07, 6.45) is 0. The topological polar surface area (TPSA) is 46.2 Å². The lowest BCUT2D eigenvalue weighted by Gasteiger charge is -2.12. The summed E-state index contributed by atoms with van der Waals surface area (Å²) in [6, 6.07) is 9.23. The second kappa shape index (κ2) is 5.69. The van der Waals surface area contributed by atoms with E-state index in [0.29, 0.717) is 14.8 Å². The number of hydrogen-bond acceptors (Lipinski definition) is 2. The maximum Gasteiger partial charge on any atom is 0.261 e. The lowest BCUT2D eigenvalue weighted by atomic mass is 10.2. The van der Waals surface area contributed by atoms with Crippen LogP contribution >= 0.6 is 22.6 Å². The lowest BCUT2D eigenvalue weighted by molar-refractivity contribution is 0.600. The van der Waals surface area contributed by atoms with Crippen molar-refractivity contribution in [2.45, 2.75) is 18.7 Å². The zero-order valence-electron chi connectivity index (χ0n) is 10.9. The van der Waals surface area contributed by atoms with E-state index < -0.39 is 10.0 Å². The fourth-order valence-electron chi connectivity index (χ4n) is 1.66. The Labute approximate surface area is 131 Å². The number of anilines is 1. The Hall–Kier alpha value is -1.15. The molecule has 2 aromatic carbocycles. The summed E-state index contributed by atoms with van der Waals surface area (Å²) in [7, 11) is -3.66. The Bertz CT molecular complexity index is 743. The molecule has 0 aliphatic heterocycles. The van der Waals surface area contributed by atoms with E-state index in [-0.39, 0.29) is 10.7 Å². The summed E-state index contributed by atoms with van der Waals surface area (Å²) < 4.78 is 40.9. The first-order chi connectivity index (χ1) is 9.31. The number of sulfonamides is 1. The fraction of sp³-hybridized carbons (Fsp3) is 0.143. The molecule has 0 amide bonds. The second-order valence-electron chi connectivity index (χ2n) is 4.45. The standard InChI is InChI=1S/C14H13FINO2S/c1-9-3-5-11(6-4-9)20(18,19)17-13-8-7-12(15)10(2)14(13)16/h3-8,17H,1-2H3. The summed E-state index contributed by atoms with van der Waals surface area (Å²) in [5, 5.41) is 0. The third-order valence-electron chi connectivity index (χ3n) is 2.90. The molecule has 0 heterocycles. The van der Waals surface area contributed by atoms with Gasteiger partial charge in [0.15, 0.2) is 0 Å². The van der Waals surface area contributed by atoms with Gasteiger partial charge in [0, 0.05) is 9.13 Å². The molecule has 1 N–H and O–H groups in total. The van der Waals surface area contributed by atoms with Gasteiger partial charge in [-0.25, -0.2) is 12.8 Å². The number of aryl methyl sites for hydroxylation is 1. The average molecular weight is 405 g/mol. The fourth-order valence-corrected chi connectivity index (χ4v) is 3.49. The maximum atomic E-state index is 13.4. The molecule has 0 atom stereocenters. The van der Waals surface area contributed by atoms with Crippen LogP contribution in [-0.4, -0.2) is 8.42 Å². The van der Waals surface area contributed by atoms with E-state index in [0.717, 1.165) is 5.56 Å². The van der Waals surface area contributed by atoms with Crippen LogP contribution in [0.4, 0.5) is 10.1 Å². The van der Waals surface area contributed by atoms with Crippen LogP contribution in [0.3, 0.4) is 0 Å². The minimum Gasteiger partial charge on any atom is -0.279 e. The second-order valence-corrected chi connectivity index (χ2v) is 7.21. The van der Waals surface area contributed by atoms with E-state index in [1.807, 2.05) is 29.5 Å². The molecule has 3 nitrogen and oxygen atoms in total. The Morgan fingerprint density at radius 2 is 1.65 bits per heavy atom. The Morgan fingerprint density at radius 1 is 1.05 bits per heavy atom. The van der Waals surface area contributed by atoms with Crippen LogP contribution in [0, 0.1) is 23.2 Å². The van der Waals surface area contributed by atoms with Crippen LogP contribution in [-0.2, 0) is 10.0 Å². The third kappa shape index (κ3) is 3.12. The molecule has 0 aromatic heterocycles. The van der Waals surface area contributed by atoms with E-state index in [2.05, 4.69) is 4.72 Å². The molecule has 0 aliphatic rings. The highest BCUT2D eigenvalue weighted by atomic mass is 127. The molecule has 0 fully saturated rings. The van der Waals surface area contributed by atoms with Crippen molar-refractivity contribution in [3.8, 4) is 0 Å². The minimum atomic E-state index is -3.66. The highest BCUT2D eigenvalue weighted by molar-refractivity contribution is 14.1. The quantitative estimate of drug-likeness (QED) is 0.789. The molecular weight excluding hydrogens is 392 g/mol. The first kappa shape index (κ1) is 15.2. The zero-order valence-corrected chi connectivity index (χ0v) is 13.9. The van der Waals surface area contributed by atoms with Gasteiger partial charge in [-0.3, -0.25) is 4.72 Å². The summed E-state index contributed by atoms with van der Waals surface area (Å²) >= 11 is 1.93. The molecule has 0 unspecified atom stereocenters. The lowest BCUT2D eigenvalue weighted by Crippen LogP contribution is -2.14. The third-order valence-corrected chi connectivity index (χ3v) is 5.67. The normalized spacial score (nSPS) is 11.4. The Balaban J connectivity index is 2.38. The van der Waals surface area contributed by atoms with Crippen LogP contribution < -0.4 is 4.72 Å². The number of nitrogens with one attached hydrogen (secondary N) is 1. The average Bonchev–Trinajstić information content (AvgIpc) is 2.40. The molecule has 2 rings (SSSR count). The predicted molar refractivity (Wildman–Crippen MR) is 85.8 cm³/mol. The molecule has 6 heteroatoms. The van der Waals surface area contributed by atoms with Crippen molar-refractivity contribution in [2.75, 3.05) is 4.72 Å². The van der Waals surface area contributed by atoms with E-state index in [9.17, 15) is 12.8 Å². The smallest absolute Gasteiger partial charge is 0.261 e. The molecule has 0 bridgehead atoms. The molecule has 0 saturated heterocycles. The van der Waals surface area contributed by atoms with Gasteiger partial charge < -0.3 is 0 Å². The van der Waals surface area contributed by atoms with Crippen molar-refractivity contribution in [2.24, 2.45) is 0 Å². The van der Waals surface area contributed by atoms with Gasteiger partial charge in [-0.2, -0.15) is 0 Å². The summed E-state index contributed by atoms with van der Waals surface area (Å²) in [5.41, 5.74) is 1.79. The highest BCUT2D eigenvalue weighted by Gasteiger charge is 2.16. The summed E-state index contributed by atoms with van der Waals surface area (Å²) in [5.74, 6) is -0.354. The first-order valence-electron chi connectivity index (χ1n) is 5.85. The number of halogens is 2. The molecule has 20 heavy (non-hydrogen) atoms. The van der Waals surface area contributed by atoms with Crippen molar-refractivity contribution < 1.29 is 12.8 Å². The van der Waals surface area contributed by atoms with Crippen LogP contribution in [0.15, 0.2) is 41.3 Å². The monoisotopic (exact) mass is 405 g/mol. The van der Waals surface area contributed by atoms with E-state index in [1.165, 1.54) is 12.1 Å². The molecule has 0 radical (unpaired) electrons. The number of hydrogen-bond donors (Lipinski definition) is 1. The van der Waals surface area contributed by atoms with Gasteiger partial charge in [0.05, 0.1) is 10.6 Å². The van der Waals surface area contributed by atoms with Gasteiger partial charge in [0.25, 0.3) is 10.0 Å². The van der Waals surface area contributed by atoms with Crippen LogP contribution in [0.5, 0.6) is 0 Å². The van der Waals surface area contributed by atoms with Crippen LogP contribution in [0.1, 0.15) is 11.1 Å². The van der Waals surface area contributed by atoms with Crippen LogP contribution in [0.2, 0.25) is 0 Å². The van der Waals surface area contributed by atoms with Crippen LogP contribution in [0.25, 0.3) is 0 Å². The molecular formula is C14H13FINO2S. The zero-order chi connectivity index (χ0) is 14.9. The summed E-state index contributed by atoms with van der Waals surface area (Å²) in [4.78, 5) is 0.181. The summed E-state index contributed by atoms with van der Waals surface area (Å²) in [6.45, 7) is 3.50. The van der Waals surface area contributed by atoms with Crippen molar-refractivity contribution in [3.63, 3.8) is 0 Å². The van der Waals surface area contributed by atoms with E-state index in [4.69, 9.17) is 0 Å². The SMILES string of the molecule is Cc1ccc(S(=O)(=O)Nc2ccc(F)c(C)c2I)cc1. The van der Waals surface area contributed by atoms with Crippen molar-refractivity contribution in [1.82, 2.24) is 0 Å². The van der Waals surface area contributed by atoms with Crippen molar-refractivity contribution >= 4 is 38.3 Å². The number of rotatable bonds is 3. The van der Waals surface area contributed by atoms with E-state index in [1.54, 1.807) is 31.2 Å². The van der Waals surface area contributed by atoms with Gasteiger partial charge >= 0.3 is 0 Å². The van der Waals surface area contributed by atoms with Gasteiger partial charge in [-0.1, -0.05) is 17.7 Å². The maximum absolute atomic E-state index is 13.4. The van der Waals surface area contributed by atoms with Crippen molar-refractivity contribution in [3.05, 3.63) is 56.9 Å². The Morgan fingerprint density at radius 3 is 2.25 bits per heavy atom. The highest BCUT2D eigenvalue weighted by Crippen LogP contribution is 2.26. The first-order valence-corrected chi connectivity index (χ1v) is 8.41. The van der Waals surface area contributed by atoms with Gasteiger partial charge in [-0.05, 0) is 60.7 Å². The molecule has 2 aromatic rings. The number of benzene rings is 2. The van der Waals surface area contributed by atoms with Gasteiger partial charge in [0.2, 0.25) is 0 Å². The molecule has 0 aliphatic carbocycles.